The molecule has 0 bridgehead atoms. The van der Waals surface area contributed by atoms with Gasteiger partial charge < -0.3 is 10.4 Å². The fourth-order valence-electron chi connectivity index (χ4n) is 2.86. The zero-order valence-corrected chi connectivity index (χ0v) is 15.3. The zero-order valence-electron chi connectivity index (χ0n) is 14.4. The van der Waals surface area contributed by atoms with Gasteiger partial charge >= 0.3 is 5.97 Å². The quantitative estimate of drug-likeness (QED) is 0.789. The second-order valence-corrected chi connectivity index (χ2v) is 8.26. The summed E-state index contributed by atoms with van der Waals surface area (Å²) in [4.78, 5) is 23.6. The fourth-order valence-corrected chi connectivity index (χ4v) is 4.39. The Morgan fingerprint density at radius 1 is 1.32 bits per heavy atom. The van der Waals surface area contributed by atoms with Crippen LogP contribution < -0.4 is 5.32 Å². The minimum absolute atomic E-state index is 0.0676. The fraction of sp³-hybridized carbons (Fsp3) is 0.529. The van der Waals surface area contributed by atoms with Crippen LogP contribution in [0.1, 0.15) is 31.7 Å². The molecule has 138 valence electrons. The van der Waals surface area contributed by atoms with Crippen molar-refractivity contribution in [2.45, 2.75) is 44.0 Å². The van der Waals surface area contributed by atoms with E-state index >= 15 is 0 Å². The minimum atomic E-state index is -3.66. The van der Waals surface area contributed by atoms with Gasteiger partial charge in [0.1, 0.15) is 6.04 Å². The first-order valence-corrected chi connectivity index (χ1v) is 9.79. The highest BCUT2D eigenvalue weighted by Gasteiger charge is 2.34. The average molecular weight is 368 g/mol. The van der Waals surface area contributed by atoms with Crippen LogP contribution in [0.5, 0.6) is 0 Å². The molecule has 1 aliphatic heterocycles. The van der Waals surface area contributed by atoms with Crippen molar-refractivity contribution in [3.05, 3.63) is 29.8 Å². The molecule has 2 rings (SSSR count). The number of amides is 1. The predicted octanol–water partition coefficient (Wildman–Crippen LogP) is 1.38. The number of benzene rings is 1. The maximum absolute atomic E-state index is 12.8. The first-order chi connectivity index (χ1) is 11.8. The van der Waals surface area contributed by atoms with Crippen molar-refractivity contribution >= 4 is 21.9 Å². The Labute approximate surface area is 148 Å². The summed E-state index contributed by atoms with van der Waals surface area (Å²) in [5, 5.41) is 11.5. The summed E-state index contributed by atoms with van der Waals surface area (Å²) in [7, 11) is -3.66. The number of hydrogen-bond donors (Lipinski definition) is 2. The number of nitrogens with zero attached hydrogens (tertiary/aromatic N) is 1. The number of carbonyl (C=O) groups excluding carboxylic acids is 1. The van der Waals surface area contributed by atoms with Gasteiger partial charge in [0.25, 0.3) is 0 Å². The third-order valence-corrected chi connectivity index (χ3v) is 6.32. The second-order valence-electron chi connectivity index (χ2n) is 6.32. The van der Waals surface area contributed by atoms with Gasteiger partial charge in [-0.2, -0.15) is 4.31 Å². The number of hydrogen-bond acceptors (Lipinski definition) is 4. The van der Waals surface area contributed by atoms with E-state index in [1.165, 1.54) is 4.31 Å². The van der Waals surface area contributed by atoms with E-state index in [1.54, 1.807) is 31.2 Å². The molecule has 0 saturated carbocycles. The summed E-state index contributed by atoms with van der Waals surface area (Å²) in [5.74, 6) is -2.03. The Morgan fingerprint density at radius 2 is 1.96 bits per heavy atom. The highest BCUT2D eigenvalue weighted by molar-refractivity contribution is 7.89. The van der Waals surface area contributed by atoms with Crippen molar-refractivity contribution in [3.63, 3.8) is 0 Å². The molecule has 2 unspecified atom stereocenters. The van der Waals surface area contributed by atoms with Gasteiger partial charge in [-0.3, -0.25) is 4.79 Å². The first kappa shape index (κ1) is 19.4. The molecule has 1 saturated heterocycles. The van der Waals surface area contributed by atoms with Crippen LogP contribution in [0.2, 0.25) is 0 Å². The lowest BCUT2D eigenvalue weighted by Crippen LogP contribution is -2.49. The van der Waals surface area contributed by atoms with Crippen LogP contribution in [0.15, 0.2) is 29.2 Å². The average Bonchev–Trinajstić information content (AvgIpc) is 2.59. The van der Waals surface area contributed by atoms with Crippen molar-refractivity contribution in [1.82, 2.24) is 9.62 Å². The van der Waals surface area contributed by atoms with E-state index in [0.29, 0.717) is 19.4 Å². The monoisotopic (exact) mass is 368 g/mol. The van der Waals surface area contributed by atoms with Crippen LogP contribution in [0.3, 0.4) is 0 Å². The lowest BCUT2D eigenvalue weighted by Gasteiger charge is -2.31. The van der Waals surface area contributed by atoms with Crippen molar-refractivity contribution in [1.29, 1.82) is 0 Å². The number of carboxylic acid groups (broad SMARTS) is 1. The Morgan fingerprint density at radius 3 is 2.52 bits per heavy atom. The zero-order chi connectivity index (χ0) is 18.6. The predicted molar refractivity (Wildman–Crippen MR) is 92.5 cm³/mol. The molecule has 1 aromatic carbocycles. The maximum Gasteiger partial charge on any atom is 0.326 e. The van der Waals surface area contributed by atoms with Crippen LogP contribution in [-0.4, -0.2) is 48.8 Å². The summed E-state index contributed by atoms with van der Waals surface area (Å²) in [6.07, 6.45) is 1.38. The molecule has 1 aliphatic rings. The van der Waals surface area contributed by atoms with Gasteiger partial charge in [0.15, 0.2) is 0 Å². The van der Waals surface area contributed by atoms with Crippen molar-refractivity contribution in [3.8, 4) is 0 Å². The molecule has 25 heavy (non-hydrogen) atoms. The molecule has 0 aliphatic carbocycles. The molecule has 2 N–H and O–H groups in total. The molecule has 0 radical (unpaired) electrons. The van der Waals surface area contributed by atoms with E-state index in [9.17, 15) is 18.0 Å². The van der Waals surface area contributed by atoms with Crippen LogP contribution in [-0.2, 0) is 19.6 Å². The second kappa shape index (κ2) is 7.97. The summed E-state index contributed by atoms with van der Waals surface area (Å²) in [5.41, 5.74) is 0.967. The van der Waals surface area contributed by atoms with Crippen molar-refractivity contribution in [2.75, 3.05) is 13.1 Å². The summed E-state index contributed by atoms with van der Waals surface area (Å²) in [6.45, 7) is 3.98. The van der Waals surface area contributed by atoms with E-state index in [0.717, 1.165) is 5.56 Å². The summed E-state index contributed by atoms with van der Waals surface area (Å²) < 4.78 is 26.8. The van der Waals surface area contributed by atoms with Crippen LogP contribution in [0.4, 0.5) is 0 Å². The molecular weight excluding hydrogens is 344 g/mol. The van der Waals surface area contributed by atoms with E-state index < -0.39 is 33.9 Å². The topological polar surface area (TPSA) is 104 Å². The van der Waals surface area contributed by atoms with Gasteiger partial charge in [0.2, 0.25) is 15.9 Å². The number of piperidine rings is 1. The van der Waals surface area contributed by atoms with Crippen molar-refractivity contribution in [2.24, 2.45) is 5.92 Å². The number of aryl methyl sites for hydroxylation is 1. The van der Waals surface area contributed by atoms with Gasteiger partial charge in [-0.1, -0.05) is 24.6 Å². The maximum atomic E-state index is 12.8. The number of carboxylic acids is 1. The molecular formula is C17H24N2O5S. The Bertz CT molecular complexity index is 730. The highest BCUT2D eigenvalue weighted by Crippen LogP contribution is 2.24. The molecule has 1 heterocycles. The normalized spacial score (nSPS) is 20.0. The van der Waals surface area contributed by atoms with Crippen LogP contribution in [0.25, 0.3) is 0 Å². The molecule has 1 aromatic rings. The summed E-state index contributed by atoms with van der Waals surface area (Å²) >= 11 is 0. The standard InChI is InChI=1S/C17H24N2O5S/c1-3-15(17(21)22)18-16(20)13-5-4-10-19(11-13)25(23,24)14-8-6-12(2)7-9-14/h6-9,13,15H,3-5,10-11H2,1-2H3,(H,18,20)(H,21,22). The van der Waals surface area contributed by atoms with Crippen LogP contribution >= 0.6 is 0 Å². The Kier molecular flexibility index (Phi) is 6.18. The molecule has 2 atom stereocenters. The number of aliphatic carboxylic acids is 1. The van der Waals surface area contributed by atoms with Gasteiger partial charge in [-0.15, -0.1) is 0 Å². The lowest BCUT2D eigenvalue weighted by atomic mass is 9.98. The molecule has 0 spiro atoms. The molecule has 1 fully saturated rings. The van der Waals surface area contributed by atoms with E-state index in [-0.39, 0.29) is 17.9 Å². The minimum Gasteiger partial charge on any atom is -0.480 e. The SMILES string of the molecule is CCC(NC(=O)C1CCCN(S(=O)(=O)c2ccc(C)cc2)C1)C(=O)O. The number of rotatable bonds is 6. The molecule has 1 amide bonds. The lowest BCUT2D eigenvalue weighted by molar-refractivity contribution is -0.142. The third-order valence-electron chi connectivity index (χ3n) is 4.44. The van der Waals surface area contributed by atoms with Crippen molar-refractivity contribution < 1.29 is 23.1 Å². The Hall–Kier alpha value is -1.93. The van der Waals surface area contributed by atoms with E-state index in [1.807, 2.05) is 6.92 Å². The highest BCUT2D eigenvalue weighted by atomic mass is 32.2. The van der Waals surface area contributed by atoms with E-state index in [2.05, 4.69) is 5.32 Å². The van der Waals surface area contributed by atoms with Gasteiger partial charge in [0, 0.05) is 13.1 Å². The van der Waals surface area contributed by atoms with Gasteiger partial charge in [-0.05, 0) is 38.3 Å². The Balaban J connectivity index is 2.10. The van der Waals surface area contributed by atoms with Crippen LogP contribution in [0, 0.1) is 12.8 Å². The number of carbonyl (C=O) groups is 2. The third kappa shape index (κ3) is 4.58. The molecule has 0 aromatic heterocycles. The number of sulfonamides is 1. The molecule has 8 heteroatoms. The number of nitrogens with one attached hydrogen (secondary N) is 1. The largest absolute Gasteiger partial charge is 0.480 e. The van der Waals surface area contributed by atoms with E-state index in [4.69, 9.17) is 5.11 Å². The molecule has 7 nitrogen and oxygen atoms in total. The first-order valence-electron chi connectivity index (χ1n) is 8.35. The summed E-state index contributed by atoms with van der Waals surface area (Å²) in [6, 6.07) is 5.65. The van der Waals surface area contributed by atoms with Gasteiger partial charge in [-0.25, -0.2) is 13.2 Å². The smallest absolute Gasteiger partial charge is 0.326 e. The van der Waals surface area contributed by atoms with Gasteiger partial charge in [0.05, 0.1) is 10.8 Å².